The summed E-state index contributed by atoms with van der Waals surface area (Å²) < 4.78 is 0. The Labute approximate surface area is 148 Å². The van der Waals surface area contributed by atoms with Crippen molar-refractivity contribution in [3.63, 3.8) is 0 Å². The molecule has 0 radical (unpaired) electrons. The third kappa shape index (κ3) is 4.24. The van der Waals surface area contributed by atoms with Crippen LogP contribution in [-0.4, -0.2) is 40.1 Å². The number of likely N-dealkylation sites (tertiary alicyclic amines) is 1. The molecule has 1 aliphatic rings. The molecule has 2 N–H and O–H groups in total. The number of aliphatic hydroxyl groups excluding tert-OH is 1. The molecule has 1 saturated heterocycles. The van der Waals surface area contributed by atoms with Crippen LogP contribution in [0.1, 0.15) is 40.0 Å². The van der Waals surface area contributed by atoms with Crippen molar-refractivity contribution >= 4 is 5.91 Å². The van der Waals surface area contributed by atoms with E-state index in [-0.39, 0.29) is 18.6 Å². The fraction of sp³-hybridized carbons (Fsp3) is 0.400. The molecule has 0 aliphatic carbocycles. The number of nitrogens with zero attached hydrogens (tertiary/aromatic N) is 2. The lowest BCUT2D eigenvalue weighted by molar-refractivity contribution is 0.0949. The van der Waals surface area contributed by atoms with Gasteiger partial charge in [0.2, 0.25) is 0 Å². The fourth-order valence-corrected chi connectivity index (χ4v) is 3.41. The first-order valence-electron chi connectivity index (χ1n) is 8.80. The zero-order valence-electron chi connectivity index (χ0n) is 14.6. The normalized spacial score (nSPS) is 17.6. The lowest BCUT2D eigenvalue weighted by Gasteiger charge is -2.24. The van der Waals surface area contributed by atoms with E-state index in [4.69, 9.17) is 0 Å². The fourth-order valence-electron chi connectivity index (χ4n) is 3.41. The molecule has 2 aromatic rings. The quantitative estimate of drug-likeness (QED) is 0.847. The Morgan fingerprint density at radius 3 is 2.84 bits per heavy atom. The lowest BCUT2D eigenvalue weighted by Crippen LogP contribution is -2.32. The third-order valence-electron chi connectivity index (χ3n) is 4.89. The van der Waals surface area contributed by atoms with Gasteiger partial charge in [-0.25, -0.2) is 0 Å². The van der Waals surface area contributed by atoms with Crippen molar-refractivity contribution in [3.05, 3.63) is 65.0 Å². The second-order valence-corrected chi connectivity index (χ2v) is 6.54. The van der Waals surface area contributed by atoms with Gasteiger partial charge in [-0.15, -0.1) is 0 Å². The second-order valence-electron chi connectivity index (χ2n) is 6.54. The summed E-state index contributed by atoms with van der Waals surface area (Å²) in [6.07, 6.45) is 3.87. The largest absolute Gasteiger partial charge is 0.395 e. The molecule has 5 heteroatoms. The van der Waals surface area contributed by atoms with E-state index in [0.717, 1.165) is 37.2 Å². The van der Waals surface area contributed by atoms with Gasteiger partial charge in [0.1, 0.15) is 0 Å². The highest BCUT2D eigenvalue weighted by atomic mass is 16.3. The molecule has 5 nitrogen and oxygen atoms in total. The maximum Gasteiger partial charge on any atom is 0.253 e. The average molecular weight is 339 g/mol. The molecule has 3 rings (SSSR count). The van der Waals surface area contributed by atoms with Crippen LogP contribution in [0.5, 0.6) is 0 Å². The molecule has 2 heterocycles. The van der Waals surface area contributed by atoms with E-state index in [1.54, 1.807) is 18.3 Å². The molecule has 1 atom stereocenters. The lowest BCUT2D eigenvalue weighted by atomic mass is 10.1. The number of carbonyl (C=O) groups excluding carboxylic acids is 1. The summed E-state index contributed by atoms with van der Waals surface area (Å²) in [4.78, 5) is 18.9. The highest BCUT2D eigenvalue weighted by Crippen LogP contribution is 2.21. The van der Waals surface area contributed by atoms with Crippen LogP contribution in [-0.2, 0) is 13.1 Å². The molecule has 0 saturated carbocycles. The Hall–Kier alpha value is -2.24. The summed E-state index contributed by atoms with van der Waals surface area (Å²) >= 11 is 0. The van der Waals surface area contributed by atoms with Gasteiger partial charge in [0.05, 0.1) is 12.2 Å². The van der Waals surface area contributed by atoms with Crippen LogP contribution in [0.3, 0.4) is 0 Å². The summed E-state index contributed by atoms with van der Waals surface area (Å²) in [5.41, 5.74) is 3.66. The van der Waals surface area contributed by atoms with Gasteiger partial charge >= 0.3 is 0 Å². The first-order chi connectivity index (χ1) is 12.2. The predicted octanol–water partition coefficient (Wildman–Crippen LogP) is 2.28. The van der Waals surface area contributed by atoms with Gasteiger partial charge in [0, 0.05) is 31.0 Å². The van der Waals surface area contributed by atoms with Gasteiger partial charge in [-0.05, 0) is 49.6 Å². The minimum absolute atomic E-state index is 0.102. The van der Waals surface area contributed by atoms with Crippen LogP contribution in [0.2, 0.25) is 0 Å². The molecule has 132 valence electrons. The number of hydrogen-bond acceptors (Lipinski definition) is 4. The van der Waals surface area contributed by atoms with E-state index in [9.17, 15) is 9.90 Å². The monoisotopic (exact) mass is 339 g/mol. The van der Waals surface area contributed by atoms with Crippen LogP contribution in [0.15, 0.2) is 42.6 Å². The maximum atomic E-state index is 12.4. The maximum absolute atomic E-state index is 12.4. The van der Waals surface area contributed by atoms with Gasteiger partial charge in [-0.3, -0.25) is 14.7 Å². The molecule has 25 heavy (non-hydrogen) atoms. The van der Waals surface area contributed by atoms with Gasteiger partial charge in [0.15, 0.2) is 0 Å². The van der Waals surface area contributed by atoms with E-state index in [2.05, 4.69) is 27.3 Å². The van der Waals surface area contributed by atoms with E-state index in [0.29, 0.717) is 12.1 Å². The molecule has 0 spiro atoms. The third-order valence-corrected chi connectivity index (χ3v) is 4.89. The molecule has 0 unspecified atom stereocenters. The highest BCUT2D eigenvalue weighted by Gasteiger charge is 2.24. The summed E-state index contributed by atoms with van der Waals surface area (Å²) in [5.74, 6) is -0.102. The highest BCUT2D eigenvalue weighted by molar-refractivity contribution is 5.95. The van der Waals surface area contributed by atoms with E-state index in [1.165, 1.54) is 5.56 Å². The summed E-state index contributed by atoms with van der Waals surface area (Å²) in [5, 5.41) is 12.5. The number of carbonyl (C=O) groups is 1. The number of amides is 1. The SMILES string of the molecule is Cc1ncccc1C(=O)NCc1ccccc1CN1CCC[C@@H]1CO. The minimum Gasteiger partial charge on any atom is -0.395 e. The van der Waals surface area contributed by atoms with Gasteiger partial charge < -0.3 is 10.4 Å². The predicted molar refractivity (Wildman–Crippen MR) is 97.1 cm³/mol. The Balaban J connectivity index is 1.67. The number of pyridine rings is 1. The first-order valence-corrected chi connectivity index (χ1v) is 8.80. The Kier molecular flexibility index (Phi) is 5.79. The van der Waals surface area contributed by atoms with Crippen LogP contribution in [0.4, 0.5) is 0 Å². The van der Waals surface area contributed by atoms with Crippen molar-refractivity contribution in [3.8, 4) is 0 Å². The topological polar surface area (TPSA) is 65.5 Å². The summed E-state index contributed by atoms with van der Waals surface area (Å²) in [7, 11) is 0. The van der Waals surface area contributed by atoms with Crippen molar-refractivity contribution in [1.29, 1.82) is 0 Å². The van der Waals surface area contributed by atoms with Gasteiger partial charge in [0.25, 0.3) is 5.91 Å². The van der Waals surface area contributed by atoms with Crippen molar-refractivity contribution in [2.75, 3.05) is 13.2 Å². The molecular weight excluding hydrogens is 314 g/mol. The number of benzene rings is 1. The van der Waals surface area contributed by atoms with E-state index >= 15 is 0 Å². The molecule has 1 fully saturated rings. The van der Waals surface area contributed by atoms with E-state index in [1.807, 2.05) is 19.1 Å². The Morgan fingerprint density at radius 2 is 2.08 bits per heavy atom. The van der Waals surface area contributed by atoms with E-state index < -0.39 is 0 Å². The zero-order chi connectivity index (χ0) is 17.6. The van der Waals surface area contributed by atoms with Crippen molar-refractivity contribution in [2.24, 2.45) is 0 Å². The molecule has 1 aliphatic heterocycles. The van der Waals surface area contributed by atoms with Gasteiger partial charge in [-0.2, -0.15) is 0 Å². The smallest absolute Gasteiger partial charge is 0.253 e. The second kappa shape index (κ2) is 8.23. The van der Waals surface area contributed by atoms with Crippen molar-refractivity contribution in [2.45, 2.75) is 38.9 Å². The Bertz CT molecular complexity index is 732. The van der Waals surface area contributed by atoms with Crippen LogP contribution >= 0.6 is 0 Å². The molecule has 0 bridgehead atoms. The standard InChI is InChI=1S/C20H25N3O2/c1-15-19(9-4-10-21-15)20(25)22-12-16-6-2-3-7-17(16)13-23-11-5-8-18(23)14-24/h2-4,6-7,9-10,18,24H,5,8,11-14H2,1H3,(H,22,25)/t18-/m1/s1. The Morgan fingerprint density at radius 1 is 1.28 bits per heavy atom. The average Bonchev–Trinajstić information content (AvgIpc) is 3.08. The van der Waals surface area contributed by atoms with Crippen LogP contribution in [0, 0.1) is 6.92 Å². The number of hydrogen-bond donors (Lipinski definition) is 2. The summed E-state index contributed by atoms with van der Waals surface area (Å²) in [6.45, 7) is 4.36. The number of aliphatic hydroxyl groups is 1. The van der Waals surface area contributed by atoms with Gasteiger partial charge in [-0.1, -0.05) is 24.3 Å². The summed E-state index contributed by atoms with van der Waals surface area (Å²) in [6, 6.07) is 12.0. The number of aromatic nitrogens is 1. The van der Waals surface area contributed by atoms with Crippen LogP contribution < -0.4 is 5.32 Å². The number of nitrogens with one attached hydrogen (secondary N) is 1. The molecular formula is C20H25N3O2. The van der Waals surface area contributed by atoms with Crippen molar-refractivity contribution in [1.82, 2.24) is 15.2 Å². The molecule has 1 aromatic heterocycles. The zero-order valence-corrected chi connectivity index (χ0v) is 14.6. The minimum atomic E-state index is -0.102. The van der Waals surface area contributed by atoms with Crippen molar-refractivity contribution < 1.29 is 9.90 Å². The number of rotatable bonds is 6. The molecule has 1 aromatic carbocycles. The number of aryl methyl sites for hydroxylation is 1. The molecule has 1 amide bonds. The first kappa shape index (κ1) is 17.6. The van der Waals surface area contributed by atoms with Crippen LogP contribution in [0.25, 0.3) is 0 Å².